The summed E-state index contributed by atoms with van der Waals surface area (Å²) in [5.74, 6) is -2.28. The molecule has 1 aromatic heterocycles. The first kappa shape index (κ1) is 24.5. The Balaban J connectivity index is 1.21. The summed E-state index contributed by atoms with van der Waals surface area (Å²) in [6.45, 7) is -1.41. The van der Waals surface area contributed by atoms with Gasteiger partial charge in [-0.05, 0) is 68.4 Å². The quantitative estimate of drug-likeness (QED) is 0.579. The second-order valence-electron chi connectivity index (χ2n) is 9.85. The van der Waals surface area contributed by atoms with Gasteiger partial charge in [-0.3, -0.25) is 9.59 Å². The normalized spacial score (nSPS) is 24.4. The first-order chi connectivity index (χ1) is 17.1. The first-order valence-corrected chi connectivity index (χ1v) is 11.9. The fraction of sp³-hybridized carbons (Fsp3) is 0.480. The van der Waals surface area contributed by atoms with E-state index < -0.39 is 35.7 Å². The summed E-state index contributed by atoms with van der Waals surface area (Å²) >= 11 is 0. The molecule has 3 aliphatic rings. The average molecular weight is 508 g/mol. The lowest BCUT2D eigenvalue weighted by Crippen LogP contribution is -2.52. The Morgan fingerprint density at radius 3 is 2.28 bits per heavy atom. The van der Waals surface area contributed by atoms with Gasteiger partial charge in [0, 0.05) is 24.3 Å². The van der Waals surface area contributed by atoms with Crippen LogP contribution in [0.15, 0.2) is 36.5 Å². The zero-order chi connectivity index (χ0) is 25.7. The molecule has 2 bridgehead atoms. The molecule has 0 radical (unpaired) electrons. The number of aromatic nitrogens is 1. The first-order valence-electron chi connectivity index (χ1n) is 11.9. The van der Waals surface area contributed by atoms with E-state index in [0.29, 0.717) is 37.1 Å². The molecule has 11 heteroatoms. The summed E-state index contributed by atoms with van der Waals surface area (Å²) in [7, 11) is 0. The third kappa shape index (κ3) is 4.75. The van der Waals surface area contributed by atoms with Crippen LogP contribution in [0, 0.1) is 11.6 Å². The van der Waals surface area contributed by atoms with E-state index in [9.17, 15) is 31.5 Å². The predicted molar refractivity (Wildman–Crippen MR) is 120 cm³/mol. The molecule has 1 saturated carbocycles. The molecular formula is C25H25F5N4O2. The van der Waals surface area contributed by atoms with Crippen LogP contribution in [0.3, 0.4) is 0 Å². The van der Waals surface area contributed by atoms with Crippen molar-refractivity contribution in [2.24, 2.45) is 0 Å². The van der Waals surface area contributed by atoms with E-state index in [1.165, 1.54) is 18.3 Å². The number of alkyl halides is 3. The average Bonchev–Trinajstić information content (AvgIpc) is 3.60. The van der Waals surface area contributed by atoms with E-state index in [1.807, 2.05) is 5.32 Å². The molecule has 1 aliphatic carbocycles. The van der Waals surface area contributed by atoms with Crippen molar-refractivity contribution in [3.63, 3.8) is 0 Å². The number of rotatable bonds is 6. The SMILES string of the molecule is O=C(NCC(F)(F)F)c1ccc(N2[C@@H]3CC[C@H]2C[C@@H](NC(=O)C2(c4ccc(F)c(F)c4)CC2)C3)nc1. The highest BCUT2D eigenvalue weighted by Crippen LogP contribution is 2.49. The van der Waals surface area contributed by atoms with Crippen molar-refractivity contribution in [3.8, 4) is 0 Å². The van der Waals surface area contributed by atoms with Gasteiger partial charge in [-0.15, -0.1) is 0 Å². The molecule has 2 saturated heterocycles. The second kappa shape index (κ2) is 9.01. The number of carbonyl (C=O) groups is 2. The molecule has 192 valence electrons. The number of benzene rings is 1. The van der Waals surface area contributed by atoms with E-state index in [0.717, 1.165) is 25.0 Å². The van der Waals surface area contributed by atoms with Gasteiger partial charge in [0.2, 0.25) is 5.91 Å². The summed E-state index contributed by atoms with van der Waals surface area (Å²) in [5.41, 5.74) is -0.276. The van der Waals surface area contributed by atoms with Crippen LogP contribution in [0.1, 0.15) is 54.4 Å². The smallest absolute Gasteiger partial charge is 0.352 e. The minimum atomic E-state index is -4.49. The van der Waals surface area contributed by atoms with Gasteiger partial charge in [-0.2, -0.15) is 13.2 Å². The van der Waals surface area contributed by atoms with Crippen molar-refractivity contribution >= 4 is 17.6 Å². The number of piperidine rings is 1. The van der Waals surface area contributed by atoms with Crippen LogP contribution < -0.4 is 15.5 Å². The van der Waals surface area contributed by atoms with Gasteiger partial charge >= 0.3 is 6.18 Å². The van der Waals surface area contributed by atoms with E-state index >= 15 is 0 Å². The van der Waals surface area contributed by atoms with E-state index in [4.69, 9.17) is 0 Å². The van der Waals surface area contributed by atoms with Crippen LogP contribution >= 0.6 is 0 Å². The summed E-state index contributed by atoms with van der Waals surface area (Å²) < 4.78 is 64.1. The number of fused-ring (bicyclic) bond motifs is 2. The van der Waals surface area contributed by atoms with Gasteiger partial charge < -0.3 is 15.5 Å². The zero-order valence-electron chi connectivity index (χ0n) is 19.2. The lowest BCUT2D eigenvalue weighted by molar-refractivity contribution is -0.124. The van der Waals surface area contributed by atoms with Gasteiger partial charge in [0.15, 0.2) is 11.6 Å². The van der Waals surface area contributed by atoms with E-state index in [1.54, 1.807) is 6.07 Å². The van der Waals surface area contributed by atoms with E-state index in [2.05, 4.69) is 15.2 Å². The van der Waals surface area contributed by atoms with Gasteiger partial charge in [-0.1, -0.05) is 6.07 Å². The number of hydrogen-bond acceptors (Lipinski definition) is 4. The maximum atomic E-state index is 13.7. The molecule has 2 amide bonds. The second-order valence-corrected chi connectivity index (χ2v) is 9.85. The van der Waals surface area contributed by atoms with Crippen LogP contribution in [0.4, 0.5) is 27.8 Å². The number of halogens is 5. The summed E-state index contributed by atoms with van der Waals surface area (Å²) in [4.78, 5) is 31.6. The number of anilines is 1. The van der Waals surface area contributed by atoms with Gasteiger partial charge in [-0.25, -0.2) is 13.8 Å². The minimum absolute atomic E-state index is 0.0458. The van der Waals surface area contributed by atoms with Gasteiger partial charge in [0.1, 0.15) is 12.4 Å². The molecule has 6 nitrogen and oxygen atoms in total. The molecule has 5 rings (SSSR count). The Labute approximate surface area is 204 Å². The van der Waals surface area contributed by atoms with Crippen molar-refractivity contribution in [3.05, 3.63) is 59.3 Å². The highest BCUT2D eigenvalue weighted by molar-refractivity contribution is 5.94. The third-order valence-electron chi connectivity index (χ3n) is 7.45. The number of nitrogens with one attached hydrogen (secondary N) is 2. The molecule has 3 heterocycles. The summed E-state index contributed by atoms with van der Waals surface area (Å²) in [5, 5.41) is 4.96. The fourth-order valence-electron chi connectivity index (χ4n) is 5.51. The Kier molecular flexibility index (Phi) is 6.12. The molecule has 0 spiro atoms. The monoisotopic (exact) mass is 508 g/mol. The molecule has 0 unspecified atom stereocenters. The number of carbonyl (C=O) groups excluding carboxylic acids is 2. The highest BCUT2D eigenvalue weighted by atomic mass is 19.4. The van der Waals surface area contributed by atoms with Crippen molar-refractivity contribution in [2.45, 2.75) is 68.2 Å². The van der Waals surface area contributed by atoms with Crippen LogP contribution in [-0.2, 0) is 10.2 Å². The van der Waals surface area contributed by atoms with Crippen molar-refractivity contribution in [1.29, 1.82) is 0 Å². The zero-order valence-corrected chi connectivity index (χ0v) is 19.2. The van der Waals surface area contributed by atoms with Gasteiger partial charge in [0.25, 0.3) is 5.91 Å². The topological polar surface area (TPSA) is 74.3 Å². The third-order valence-corrected chi connectivity index (χ3v) is 7.45. The molecular weight excluding hydrogens is 483 g/mol. The number of pyridine rings is 1. The lowest BCUT2D eigenvalue weighted by Gasteiger charge is -2.40. The maximum absolute atomic E-state index is 13.7. The molecule has 36 heavy (non-hydrogen) atoms. The Morgan fingerprint density at radius 1 is 1.03 bits per heavy atom. The van der Waals surface area contributed by atoms with E-state index in [-0.39, 0.29) is 29.6 Å². The molecule has 2 aliphatic heterocycles. The minimum Gasteiger partial charge on any atom is -0.352 e. The largest absolute Gasteiger partial charge is 0.405 e. The number of hydrogen-bond donors (Lipinski definition) is 2. The van der Waals surface area contributed by atoms with Crippen LogP contribution in [0.2, 0.25) is 0 Å². The number of amides is 2. The van der Waals surface area contributed by atoms with Crippen LogP contribution in [0.25, 0.3) is 0 Å². The predicted octanol–water partition coefficient (Wildman–Crippen LogP) is 4.00. The number of nitrogens with zero attached hydrogens (tertiary/aromatic N) is 2. The summed E-state index contributed by atoms with van der Waals surface area (Å²) in [6, 6.07) is 6.88. The van der Waals surface area contributed by atoms with Crippen molar-refractivity contribution < 1.29 is 31.5 Å². The summed E-state index contributed by atoms with van der Waals surface area (Å²) in [6.07, 6.45) is 1.13. The Morgan fingerprint density at radius 2 is 1.72 bits per heavy atom. The molecule has 2 aromatic rings. The molecule has 3 atom stereocenters. The molecule has 1 aromatic carbocycles. The standard InChI is InChI=1S/C25H25F5N4O2/c26-19-5-2-15(9-20(19)27)24(7-8-24)23(36)33-16-10-17-3-4-18(11-16)34(17)21-6-1-14(12-31-21)22(35)32-13-25(28,29)30/h1-2,5-6,9,12,16-18H,3-4,7-8,10-11,13H2,(H,32,35)(H,33,36)/t16-,17+,18-. The molecule has 2 N–H and O–H groups in total. The van der Waals surface area contributed by atoms with Crippen molar-refractivity contribution in [2.75, 3.05) is 11.4 Å². The lowest BCUT2D eigenvalue weighted by atomic mass is 9.92. The fourth-order valence-corrected chi connectivity index (χ4v) is 5.51. The Hall–Kier alpha value is -3.24. The van der Waals surface area contributed by atoms with Crippen molar-refractivity contribution in [1.82, 2.24) is 15.6 Å². The Bertz CT molecular complexity index is 1150. The van der Waals surface area contributed by atoms with Crippen LogP contribution in [0.5, 0.6) is 0 Å². The highest BCUT2D eigenvalue weighted by Gasteiger charge is 2.52. The molecule has 3 fully saturated rings. The van der Waals surface area contributed by atoms with Crippen LogP contribution in [-0.4, -0.2) is 47.6 Å². The maximum Gasteiger partial charge on any atom is 0.405 e. The van der Waals surface area contributed by atoms with Gasteiger partial charge in [0.05, 0.1) is 11.0 Å².